The van der Waals surface area contributed by atoms with Gasteiger partial charge in [-0.25, -0.2) is 19.5 Å². The summed E-state index contributed by atoms with van der Waals surface area (Å²) in [5.74, 6) is 0.0493. The number of fused-ring (bicyclic) bond motifs is 1. The van der Waals surface area contributed by atoms with Crippen LogP contribution >= 0.6 is 0 Å². The summed E-state index contributed by atoms with van der Waals surface area (Å²) in [6, 6.07) is 23.2. The van der Waals surface area contributed by atoms with E-state index in [0.717, 1.165) is 12.7 Å². The number of benzene rings is 4. The molecule has 2 amide bonds. The van der Waals surface area contributed by atoms with E-state index in [0.29, 0.717) is 44.9 Å². The van der Waals surface area contributed by atoms with Gasteiger partial charge in [-0.2, -0.15) is 5.10 Å². The van der Waals surface area contributed by atoms with Crippen molar-refractivity contribution in [3.63, 3.8) is 0 Å². The van der Waals surface area contributed by atoms with Crippen LogP contribution < -0.4 is 25.7 Å². The maximum atomic E-state index is 12.8. The number of hydrogen-bond acceptors (Lipinski definition) is 12. The molecule has 1 heterocycles. The summed E-state index contributed by atoms with van der Waals surface area (Å²) >= 11 is 0. The zero-order valence-corrected chi connectivity index (χ0v) is 33.6. The van der Waals surface area contributed by atoms with Crippen LogP contribution in [-0.2, 0) is 14.2 Å². The second kappa shape index (κ2) is 19.7. The summed E-state index contributed by atoms with van der Waals surface area (Å²) in [5.41, 5.74) is 1.72. The molecular weight excluding hydrogens is 736 g/mol. The molecule has 0 unspecified atom stereocenters. The molecule has 0 atom stereocenters. The van der Waals surface area contributed by atoms with Gasteiger partial charge in [-0.1, -0.05) is 12.1 Å². The molecule has 5 aromatic rings. The van der Waals surface area contributed by atoms with Crippen LogP contribution in [0.1, 0.15) is 67.8 Å². The lowest BCUT2D eigenvalue weighted by atomic mass is 9.98. The van der Waals surface area contributed by atoms with Crippen molar-refractivity contribution in [3.8, 4) is 22.8 Å². The molecule has 1 aromatic heterocycles. The number of amides is 2. The van der Waals surface area contributed by atoms with E-state index in [-0.39, 0.29) is 22.5 Å². The zero-order chi connectivity index (χ0) is 42.5. The molecule has 0 aliphatic carbocycles. The lowest BCUT2D eigenvalue weighted by Gasteiger charge is -2.19. The third kappa shape index (κ3) is 12.9. The lowest BCUT2D eigenvalue weighted by molar-refractivity contribution is 0.0594. The topological polar surface area (TPSA) is 204 Å². The van der Waals surface area contributed by atoms with Gasteiger partial charge >= 0.3 is 18.2 Å². The molecule has 302 valence electrons. The predicted molar refractivity (Wildman–Crippen MR) is 216 cm³/mol. The Labute approximate surface area is 330 Å². The average Bonchev–Trinajstić information content (AvgIpc) is 3.17. The Morgan fingerprint density at radius 2 is 1.12 bits per heavy atom. The van der Waals surface area contributed by atoms with Gasteiger partial charge in [0.2, 0.25) is 0 Å². The van der Waals surface area contributed by atoms with E-state index >= 15 is 0 Å². The monoisotopic (exact) mass is 784 g/mol. The molecule has 0 saturated carbocycles. The van der Waals surface area contributed by atoms with Gasteiger partial charge in [-0.3, -0.25) is 20.2 Å². The number of ketones is 1. The van der Waals surface area contributed by atoms with Crippen LogP contribution in [0.15, 0.2) is 89.7 Å². The fourth-order valence-electron chi connectivity index (χ4n) is 5.03. The molecule has 0 spiro atoms. The minimum atomic E-state index is -0.634. The van der Waals surface area contributed by atoms with Crippen LogP contribution in [0.4, 0.5) is 21.0 Å². The predicted octanol–water partition coefficient (Wildman–Crippen LogP) is 7.61. The first-order valence-electron chi connectivity index (χ1n) is 17.4. The molecule has 4 N–H and O–H groups in total. The maximum absolute atomic E-state index is 12.8. The smallest absolute Gasteiger partial charge is 0.412 e. The minimum absolute atomic E-state index is 0.114. The summed E-state index contributed by atoms with van der Waals surface area (Å²) in [7, 11) is 5.26. The number of methoxy groups -OCH3 is 3. The third-order valence-corrected chi connectivity index (χ3v) is 7.47. The molecule has 0 fully saturated rings. The van der Waals surface area contributed by atoms with Crippen molar-refractivity contribution in [1.29, 1.82) is 0 Å². The third-order valence-electron chi connectivity index (χ3n) is 7.47. The number of anilines is 2. The van der Waals surface area contributed by atoms with Crippen molar-refractivity contribution in [1.82, 2.24) is 10.2 Å². The van der Waals surface area contributed by atoms with Crippen molar-refractivity contribution in [2.75, 3.05) is 39.1 Å². The number of carbonyl (C=O) groups is 4. The average molecular weight is 785 g/mol. The molecule has 0 bridgehead atoms. The standard InChI is InChI=1S/C21H23NO6.C20H21N3O4.CH4O/c1-21(2,3)28-20(25)22-14-8-6-13(7-9-14)18(23)16-11-10-15(26-4)12-17(16)19(24)27-5;1-20(2,3)27-19(25)21-13-7-5-12(6-8-13)17-15-10-9-14(26-4)11-16(15)18(24)23-22-17;1-2/h6-12H,1-5H3,(H,22,25);5-11H,1-4H3,(H,21,25)(H,23,24);2H,1H3. The Hall–Kier alpha value is -6.74. The van der Waals surface area contributed by atoms with Crippen LogP contribution in [0.5, 0.6) is 11.5 Å². The molecule has 0 aliphatic heterocycles. The number of aliphatic hydroxyl groups is 1. The number of esters is 1. The number of hydrogen-bond donors (Lipinski definition) is 4. The van der Waals surface area contributed by atoms with Crippen molar-refractivity contribution in [2.24, 2.45) is 0 Å². The van der Waals surface area contributed by atoms with Crippen LogP contribution in [0.2, 0.25) is 0 Å². The maximum Gasteiger partial charge on any atom is 0.412 e. The van der Waals surface area contributed by atoms with Gasteiger partial charge in [0.05, 0.1) is 38.0 Å². The number of ether oxygens (including phenoxy) is 5. The molecule has 4 aromatic carbocycles. The summed E-state index contributed by atoms with van der Waals surface area (Å²) in [6.45, 7) is 10.7. The Morgan fingerprint density at radius 3 is 1.61 bits per heavy atom. The fourth-order valence-corrected chi connectivity index (χ4v) is 5.03. The van der Waals surface area contributed by atoms with Gasteiger partial charge in [0.25, 0.3) is 5.56 Å². The number of carbonyl (C=O) groups excluding carboxylic acids is 4. The molecule has 0 aliphatic rings. The van der Waals surface area contributed by atoms with Gasteiger partial charge in [-0.05, 0) is 114 Å². The second-order valence-corrected chi connectivity index (χ2v) is 14.0. The van der Waals surface area contributed by atoms with E-state index in [4.69, 9.17) is 28.8 Å². The summed E-state index contributed by atoms with van der Waals surface area (Å²) < 4.78 is 25.5. The fraction of sp³-hybridized carbons (Fsp3) is 0.286. The first-order chi connectivity index (χ1) is 26.9. The number of aromatic amines is 1. The summed E-state index contributed by atoms with van der Waals surface area (Å²) in [5, 5.41) is 20.2. The number of nitrogens with one attached hydrogen (secondary N) is 3. The Bertz CT molecular complexity index is 2240. The van der Waals surface area contributed by atoms with Gasteiger partial charge < -0.3 is 28.8 Å². The van der Waals surface area contributed by atoms with Gasteiger partial charge in [0, 0.05) is 40.6 Å². The summed E-state index contributed by atoms with van der Waals surface area (Å²) in [4.78, 5) is 60.6. The normalized spacial score (nSPS) is 10.7. The highest BCUT2D eigenvalue weighted by Gasteiger charge is 2.21. The SMILES string of the molecule is CO.COC(=O)c1cc(OC)ccc1C(=O)c1ccc(NC(=O)OC(C)(C)C)cc1.COc1ccc2c(-c3ccc(NC(=O)OC(C)(C)C)cc3)n[nH]c(=O)c2c1. The Kier molecular flexibility index (Phi) is 15.5. The molecule has 57 heavy (non-hydrogen) atoms. The first kappa shape index (κ1) is 44.7. The van der Waals surface area contributed by atoms with Gasteiger partial charge in [0.15, 0.2) is 5.78 Å². The largest absolute Gasteiger partial charge is 0.497 e. The van der Waals surface area contributed by atoms with E-state index in [2.05, 4.69) is 20.8 Å². The van der Waals surface area contributed by atoms with E-state index in [9.17, 15) is 24.0 Å². The molecule has 15 nitrogen and oxygen atoms in total. The Balaban J connectivity index is 0.000000293. The van der Waals surface area contributed by atoms with E-state index in [1.54, 1.807) is 109 Å². The van der Waals surface area contributed by atoms with E-state index in [1.807, 2.05) is 12.1 Å². The zero-order valence-electron chi connectivity index (χ0n) is 33.6. The number of aliphatic hydroxyl groups excluding tert-OH is 1. The first-order valence-corrected chi connectivity index (χ1v) is 17.4. The molecule has 0 saturated heterocycles. The quantitative estimate of drug-likeness (QED) is 0.0682. The highest BCUT2D eigenvalue weighted by Crippen LogP contribution is 2.28. The second-order valence-electron chi connectivity index (χ2n) is 14.0. The van der Waals surface area contributed by atoms with Crippen LogP contribution in [0.3, 0.4) is 0 Å². The molecule has 5 rings (SSSR count). The van der Waals surface area contributed by atoms with Crippen LogP contribution in [-0.4, -0.2) is 78.9 Å². The minimum Gasteiger partial charge on any atom is -0.497 e. The van der Waals surface area contributed by atoms with E-state index in [1.165, 1.54) is 26.4 Å². The van der Waals surface area contributed by atoms with E-state index < -0.39 is 29.4 Å². The van der Waals surface area contributed by atoms with Crippen molar-refractivity contribution in [2.45, 2.75) is 52.7 Å². The van der Waals surface area contributed by atoms with Gasteiger partial charge in [-0.15, -0.1) is 0 Å². The highest BCUT2D eigenvalue weighted by atomic mass is 16.6. The number of H-pyrrole nitrogens is 1. The van der Waals surface area contributed by atoms with Crippen LogP contribution in [0.25, 0.3) is 22.0 Å². The molecule has 15 heteroatoms. The molecular formula is C42H48N4O11. The molecule has 0 radical (unpaired) electrons. The Morgan fingerprint density at radius 1 is 0.632 bits per heavy atom. The van der Waals surface area contributed by atoms with Crippen molar-refractivity contribution < 1.29 is 48.0 Å². The van der Waals surface area contributed by atoms with Crippen LogP contribution in [0, 0.1) is 0 Å². The number of rotatable bonds is 8. The lowest BCUT2D eigenvalue weighted by Crippen LogP contribution is -2.27. The number of nitrogens with zero attached hydrogens (tertiary/aromatic N) is 1. The van der Waals surface area contributed by atoms with Crippen molar-refractivity contribution >= 4 is 46.1 Å². The van der Waals surface area contributed by atoms with Crippen molar-refractivity contribution in [3.05, 3.63) is 112 Å². The number of aromatic nitrogens is 2. The highest BCUT2D eigenvalue weighted by molar-refractivity contribution is 6.14. The summed E-state index contributed by atoms with van der Waals surface area (Å²) in [6.07, 6.45) is -1.11. The van der Waals surface area contributed by atoms with Gasteiger partial charge in [0.1, 0.15) is 22.7 Å².